The molecular weight excluding hydrogens is 234 g/mol. The first-order valence-electron chi connectivity index (χ1n) is 4.39. The SMILES string of the molecule is O=C(O)CC(On1cccc1)(C(=O)O)C(=O)O. The van der Waals surface area contributed by atoms with E-state index in [1.165, 1.54) is 24.5 Å². The van der Waals surface area contributed by atoms with Crippen LogP contribution in [0.3, 0.4) is 0 Å². The normalized spacial score (nSPS) is 10.8. The monoisotopic (exact) mass is 243 g/mol. The second-order valence-electron chi connectivity index (χ2n) is 3.14. The van der Waals surface area contributed by atoms with Gasteiger partial charge in [0.25, 0.3) is 0 Å². The van der Waals surface area contributed by atoms with Crippen LogP contribution >= 0.6 is 0 Å². The molecule has 1 aromatic rings. The van der Waals surface area contributed by atoms with E-state index in [0.29, 0.717) is 0 Å². The summed E-state index contributed by atoms with van der Waals surface area (Å²) in [6.45, 7) is 0. The van der Waals surface area contributed by atoms with Gasteiger partial charge in [0.15, 0.2) is 0 Å². The Bertz CT molecular complexity index is 422. The van der Waals surface area contributed by atoms with Crippen molar-refractivity contribution in [3.05, 3.63) is 24.5 Å². The molecule has 0 amide bonds. The van der Waals surface area contributed by atoms with E-state index in [0.717, 1.165) is 4.73 Å². The van der Waals surface area contributed by atoms with Gasteiger partial charge in [0.1, 0.15) is 6.42 Å². The fourth-order valence-electron chi connectivity index (χ4n) is 1.13. The van der Waals surface area contributed by atoms with E-state index in [2.05, 4.69) is 0 Å². The zero-order valence-corrected chi connectivity index (χ0v) is 8.44. The molecule has 0 aromatic carbocycles. The lowest BCUT2D eigenvalue weighted by Crippen LogP contribution is -2.56. The maximum absolute atomic E-state index is 10.9. The molecule has 0 aliphatic rings. The first-order chi connectivity index (χ1) is 7.88. The Hall–Kier alpha value is -2.51. The van der Waals surface area contributed by atoms with Crippen LogP contribution in [0.5, 0.6) is 0 Å². The minimum Gasteiger partial charge on any atom is -0.481 e. The molecule has 1 heterocycles. The van der Waals surface area contributed by atoms with E-state index in [4.69, 9.17) is 20.2 Å². The lowest BCUT2D eigenvalue weighted by molar-refractivity contribution is -0.188. The number of carboxylic acids is 3. The summed E-state index contributed by atoms with van der Waals surface area (Å²) >= 11 is 0. The van der Waals surface area contributed by atoms with E-state index in [-0.39, 0.29) is 0 Å². The molecule has 0 radical (unpaired) electrons. The highest BCUT2D eigenvalue weighted by Crippen LogP contribution is 2.15. The van der Waals surface area contributed by atoms with E-state index in [1.54, 1.807) is 0 Å². The Kier molecular flexibility index (Phi) is 3.37. The summed E-state index contributed by atoms with van der Waals surface area (Å²) in [4.78, 5) is 37.1. The Morgan fingerprint density at radius 1 is 1.06 bits per heavy atom. The summed E-state index contributed by atoms with van der Waals surface area (Å²) < 4.78 is 0.825. The van der Waals surface area contributed by atoms with Gasteiger partial charge in [-0.25, -0.2) is 9.59 Å². The van der Waals surface area contributed by atoms with Crippen LogP contribution in [0.2, 0.25) is 0 Å². The number of nitrogens with zero attached hydrogens (tertiary/aromatic N) is 1. The van der Waals surface area contributed by atoms with Gasteiger partial charge in [0, 0.05) is 12.4 Å². The largest absolute Gasteiger partial charge is 0.481 e. The van der Waals surface area contributed by atoms with E-state index < -0.39 is 29.9 Å². The third kappa shape index (κ3) is 2.54. The number of hydrogen-bond donors (Lipinski definition) is 3. The van der Waals surface area contributed by atoms with E-state index >= 15 is 0 Å². The van der Waals surface area contributed by atoms with Gasteiger partial charge in [-0.05, 0) is 12.1 Å². The first-order valence-corrected chi connectivity index (χ1v) is 4.39. The van der Waals surface area contributed by atoms with Crippen molar-refractivity contribution in [3.63, 3.8) is 0 Å². The fraction of sp³-hybridized carbons (Fsp3) is 0.222. The number of carbonyl (C=O) groups is 3. The topological polar surface area (TPSA) is 126 Å². The molecule has 0 spiro atoms. The molecule has 92 valence electrons. The van der Waals surface area contributed by atoms with Crippen molar-refractivity contribution in [3.8, 4) is 0 Å². The molecule has 0 aliphatic carbocycles. The summed E-state index contributed by atoms with van der Waals surface area (Å²) in [6.07, 6.45) is 1.31. The number of aliphatic carboxylic acids is 3. The maximum atomic E-state index is 10.9. The van der Waals surface area contributed by atoms with Crippen LogP contribution in [0.15, 0.2) is 24.5 Å². The van der Waals surface area contributed by atoms with Gasteiger partial charge in [-0.3, -0.25) is 4.79 Å². The second-order valence-corrected chi connectivity index (χ2v) is 3.14. The van der Waals surface area contributed by atoms with Gasteiger partial charge in [-0.2, -0.15) is 4.73 Å². The molecule has 0 aliphatic heterocycles. The van der Waals surface area contributed by atoms with Gasteiger partial charge < -0.3 is 20.2 Å². The highest BCUT2D eigenvalue weighted by atomic mass is 16.7. The van der Waals surface area contributed by atoms with Gasteiger partial charge in [-0.15, -0.1) is 0 Å². The molecule has 0 fully saturated rings. The van der Waals surface area contributed by atoms with Gasteiger partial charge in [-0.1, -0.05) is 0 Å². The summed E-state index contributed by atoms with van der Waals surface area (Å²) in [5.74, 6) is -5.37. The molecule has 0 unspecified atom stereocenters. The molecule has 1 rings (SSSR count). The lowest BCUT2D eigenvalue weighted by Gasteiger charge is -2.23. The van der Waals surface area contributed by atoms with Crippen molar-refractivity contribution in [1.82, 2.24) is 4.73 Å². The van der Waals surface area contributed by atoms with Gasteiger partial charge in [0.2, 0.25) is 0 Å². The minimum atomic E-state index is -2.86. The van der Waals surface area contributed by atoms with Crippen LogP contribution < -0.4 is 4.84 Å². The third-order valence-electron chi connectivity index (χ3n) is 1.93. The lowest BCUT2D eigenvalue weighted by atomic mass is 10.0. The molecule has 0 saturated carbocycles. The average molecular weight is 243 g/mol. The first kappa shape index (κ1) is 12.6. The highest BCUT2D eigenvalue weighted by Gasteiger charge is 2.52. The molecule has 3 N–H and O–H groups in total. The molecule has 0 atom stereocenters. The zero-order valence-electron chi connectivity index (χ0n) is 8.44. The minimum absolute atomic E-state index is 0.825. The van der Waals surface area contributed by atoms with Crippen LogP contribution in [0.4, 0.5) is 0 Å². The van der Waals surface area contributed by atoms with Crippen molar-refractivity contribution in [2.45, 2.75) is 12.0 Å². The smallest absolute Gasteiger partial charge is 0.363 e. The van der Waals surface area contributed by atoms with Crippen molar-refractivity contribution < 1.29 is 34.5 Å². The van der Waals surface area contributed by atoms with Gasteiger partial charge in [0.05, 0.1) is 0 Å². The molecule has 0 saturated heterocycles. The molecule has 17 heavy (non-hydrogen) atoms. The summed E-state index contributed by atoms with van der Waals surface area (Å²) in [6, 6.07) is 2.93. The predicted octanol–water partition coefficient (Wildman–Crippen LogP) is -0.701. The van der Waals surface area contributed by atoms with Crippen LogP contribution in [0.25, 0.3) is 0 Å². The standard InChI is InChI=1S/C9H9NO7/c11-6(12)5-9(7(13)14,8(15)16)17-10-3-1-2-4-10/h1-4H,5H2,(H,11,12)(H,13,14)(H,15,16). The summed E-state index contributed by atoms with van der Waals surface area (Å²) in [7, 11) is 0. The van der Waals surface area contributed by atoms with Crippen molar-refractivity contribution >= 4 is 17.9 Å². The number of aromatic nitrogens is 1. The summed E-state index contributed by atoms with van der Waals surface area (Å²) in [5, 5.41) is 26.3. The number of hydrogen-bond acceptors (Lipinski definition) is 4. The molecular formula is C9H9NO7. The predicted molar refractivity (Wildman–Crippen MR) is 51.3 cm³/mol. The van der Waals surface area contributed by atoms with Crippen LogP contribution in [0, 0.1) is 0 Å². The van der Waals surface area contributed by atoms with Crippen molar-refractivity contribution in [1.29, 1.82) is 0 Å². The third-order valence-corrected chi connectivity index (χ3v) is 1.93. The second kappa shape index (κ2) is 4.56. The van der Waals surface area contributed by atoms with Crippen molar-refractivity contribution in [2.24, 2.45) is 0 Å². The molecule has 1 aromatic heterocycles. The quantitative estimate of drug-likeness (QED) is 0.564. The van der Waals surface area contributed by atoms with Gasteiger partial charge >= 0.3 is 23.5 Å². The summed E-state index contributed by atoms with van der Waals surface area (Å²) in [5.41, 5.74) is -2.86. The van der Waals surface area contributed by atoms with Crippen LogP contribution in [-0.2, 0) is 14.4 Å². The Balaban J connectivity index is 3.10. The highest BCUT2D eigenvalue weighted by molar-refractivity contribution is 6.04. The molecule has 8 heteroatoms. The Labute approximate surface area is 94.6 Å². The van der Waals surface area contributed by atoms with Crippen molar-refractivity contribution in [2.75, 3.05) is 0 Å². The maximum Gasteiger partial charge on any atom is 0.363 e. The molecule has 0 bridgehead atoms. The van der Waals surface area contributed by atoms with E-state index in [1.807, 2.05) is 0 Å². The Morgan fingerprint density at radius 3 is 1.88 bits per heavy atom. The average Bonchev–Trinajstić information content (AvgIpc) is 2.67. The van der Waals surface area contributed by atoms with Crippen LogP contribution in [-0.4, -0.2) is 43.6 Å². The number of rotatable bonds is 6. The van der Waals surface area contributed by atoms with E-state index in [9.17, 15) is 14.4 Å². The van der Waals surface area contributed by atoms with Crippen LogP contribution in [0.1, 0.15) is 6.42 Å². The molecule has 8 nitrogen and oxygen atoms in total. The Morgan fingerprint density at radius 2 is 1.53 bits per heavy atom. The number of carboxylic acid groups (broad SMARTS) is 3. The fourth-order valence-corrected chi connectivity index (χ4v) is 1.13. The zero-order chi connectivity index (χ0) is 13.1.